The van der Waals surface area contributed by atoms with Crippen molar-refractivity contribution in [2.75, 3.05) is 7.11 Å². The first kappa shape index (κ1) is 12.2. The third kappa shape index (κ3) is 2.23. The Labute approximate surface area is 108 Å². The number of aliphatic hydroxyl groups is 1. The third-order valence-electron chi connectivity index (χ3n) is 2.71. The minimum atomic E-state index is -1.17. The van der Waals surface area contributed by atoms with Gasteiger partial charge in [0.2, 0.25) is 0 Å². The number of rotatable bonds is 3. The van der Waals surface area contributed by atoms with Gasteiger partial charge in [-0.25, -0.2) is 0 Å². The second-order valence-electron chi connectivity index (χ2n) is 3.90. The summed E-state index contributed by atoms with van der Waals surface area (Å²) in [6.07, 6.45) is 1.54. The minimum absolute atomic E-state index is 0.489. The molecule has 0 saturated heterocycles. The Morgan fingerprint density at radius 1 is 1.24 bits per heavy atom. The number of benzene rings is 1. The fourth-order valence-corrected chi connectivity index (χ4v) is 2.28. The molecule has 1 aromatic heterocycles. The van der Waals surface area contributed by atoms with Gasteiger partial charge < -0.3 is 14.3 Å². The van der Waals surface area contributed by atoms with Crippen LogP contribution in [0.3, 0.4) is 0 Å². The zero-order valence-corrected chi connectivity index (χ0v) is 11.2. The Kier molecular flexibility index (Phi) is 3.26. The van der Waals surface area contributed by atoms with Crippen molar-refractivity contribution >= 4 is 15.9 Å². The van der Waals surface area contributed by atoms with Crippen LogP contribution in [0.1, 0.15) is 18.2 Å². The maximum absolute atomic E-state index is 10.5. The van der Waals surface area contributed by atoms with Crippen molar-refractivity contribution in [3.8, 4) is 5.75 Å². The van der Waals surface area contributed by atoms with E-state index in [4.69, 9.17) is 9.15 Å². The lowest BCUT2D eigenvalue weighted by atomic mass is 9.93. The molecule has 0 aliphatic rings. The molecule has 0 saturated carbocycles. The molecule has 2 rings (SSSR count). The molecule has 0 aliphatic heterocycles. The predicted octanol–water partition coefficient (Wildman–Crippen LogP) is 3.31. The summed E-state index contributed by atoms with van der Waals surface area (Å²) in [6, 6.07) is 9.00. The van der Waals surface area contributed by atoms with E-state index < -0.39 is 5.60 Å². The summed E-state index contributed by atoms with van der Waals surface area (Å²) < 4.78 is 11.1. The molecular weight excluding hydrogens is 284 g/mol. The molecule has 1 aromatic carbocycles. The summed E-state index contributed by atoms with van der Waals surface area (Å²) in [5.41, 5.74) is -0.428. The molecule has 0 radical (unpaired) electrons. The fourth-order valence-electron chi connectivity index (χ4n) is 1.69. The highest BCUT2D eigenvalue weighted by Gasteiger charge is 2.31. The molecular formula is C13H13BrO3. The molecule has 0 aliphatic carbocycles. The Balaban J connectivity index is 2.40. The van der Waals surface area contributed by atoms with Gasteiger partial charge in [-0.1, -0.05) is 12.1 Å². The van der Waals surface area contributed by atoms with Crippen LogP contribution in [0, 0.1) is 0 Å². The lowest BCUT2D eigenvalue weighted by Crippen LogP contribution is -2.22. The molecule has 90 valence electrons. The smallest absolute Gasteiger partial charge is 0.153 e. The van der Waals surface area contributed by atoms with Gasteiger partial charge in [0.25, 0.3) is 0 Å². The van der Waals surface area contributed by atoms with Crippen molar-refractivity contribution in [3.63, 3.8) is 0 Å². The summed E-state index contributed by atoms with van der Waals surface area (Å²) in [5.74, 6) is 1.24. The fraction of sp³-hybridized carbons (Fsp3) is 0.231. The van der Waals surface area contributed by atoms with Crippen molar-refractivity contribution in [1.29, 1.82) is 0 Å². The van der Waals surface area contributed by atoms with E-state index in [0.717, 1.165) is 15.8 Å². The molecule has 3 nitrogen and oxygen atoms in total. The number of hydrogen-bond donors (Lipinski definition) is 1. The first-order chi connectivity index (χ1) is 8.05. The van der Waals surface area contributed by atoms with Gasteiger partial charge in [0.15, 0.2) is 5.76 Å². The Hall–Kier alpha value is -1.26. The molecule has 2 aromatic rings. The van der Waals surface area contributed by atoms with Crippen LogP contribution in [0.2, 0.25) is 0 Å². The second kappa shape index (κ2) is 4.55. The van der Waals surface area contributed by atoms with E-state index in [0.29, 0.717) is 5.76 Å². The van der Waals surface area contributed by atoms with Gasteiger partial charge >= 0.3 is 0 Å². The van der Waals surface area contributed by atoms with Crippen LogP contribution in [0.4, 0.5) is 0 Å². The van der Waals surface area contributed by atoms with Gasteiger partial charge in [-0.2, -0.15) is 0 Å². The Bertz CT molecular complexity index is 500. The largest absolute Gasteiger partial charge is 0.497 e. The van der Waals surface area contributed by atoms with E-state index in [-0.39, 0.29) is 0 Å². The highest BCUT2D eigenvalue weighted by Crippen LogP contribution is 2.35. The molecule has 0 spiro atoms. The first-order valence-corrected chi connectivity index (χ1v) is 5.95. The van der Waals surface area contributed by atoms with Crippen molar-refractivity contribution in [2.45, 2.75) is 12.5 Å². The summed E-state index contributed by atoms with van der Waals surface area (Å²) in [6.45, 7) is 1.69. The van der Waals surface area contributed by atoms with Crippen molar-refractivity contribution in [3.05, 3.63) is 52.4 Å². The average molecular weight is 297 g/mol. The lowest BCUT2D eigenvalue weighted by Gasteiger charge is -2.22. The van der Waals surface area contributed by atoms with E-state index in [1.165, 1.54) is 6.26 Å². The quantitative estimate of drug-likeness (QED) is 0.945. The van der Waals surface area contributed by atoms with Crippen molar-refractivity contribution in [1.82, 2.24) is 0 Å². The molecule has 4 heteroatoms. The predicted molar refractivity (Wildman–Crippen MR) is 68.1 cm³/mol. The van der Waals surface area contributed by atoms with E-state index >= 15 is 0 Å². The Morgan fingerprint density at radius 2 is 1.88 bits per heavy atom. The van der Waals surface area contributed by atoms with E-state index in [2.05, 4.69) is 15.9 Å². The molecule has 1 unspecified atom stereocenters. The third-order valence-corrected chi connectivity index (χ3v) is 3.34. The summed E-state index contributed by atoms with van der Waals surface area (Å²) in [4.78, 5) is 0. The number of furan rings is 1. The Morgan fingerprint density at radius 3 is 2.35 bits per heavy atom. The van der Waals surface area contributed by atoms with Crippen molar-refractivity contribution in [2.24, 2.45) is 0 Å². The number of methoxy groups -OCH3 is 1. The van der Waals surface area contributed by atoms with Crippen LogP contribution in [0.25, 0.3) is 0 Å². The summed E-state index contributed by atoms with van der Waals surface area (Å²) in [5, 5.41) is 10.5. The SMILES string of the molecule is COc1ccc(C(C)(O)c2occc2Br)cc1. The number of hydrogen-bond acceptors (Lipinski definition) is 3. The molecule has 0 amide bonds. The minimum Gasteiger partial charge on any atom is -0.497 e. The molecule has 1 atom stereocenters. The molecule has 17 heavy (non-hydrogen) atoms. The van der Waals surface area contributed by atoms with Crippen LogP contribution < -0.4 is 4.74 Å². The maximum atomic E-state index is 10.5. The summed E-state index contributed by atoms with van der Waals surface area (Å²) in [7, 11) is 1.61. The van der Waals surface area contributed by atoms with E-state index in [1.54, 1.807) is 32.2 Å². The molecule has 1 N–H and O–H groups in total. The summed E-state index contributed by atoms with van der Waals surface area (Å²) >= 11 is 3.35. The number of ether oxygens (including phenoxy) is 1. The molecule has 0 bridgehead atoms. The highest BCUT2D eigenvalue weighted by atomic mass is 79.9. The van der Waals surface area contributed by atoms with Crippen LogP contribution in [-0.4, -0.2) is 12.2 Å². The normalized spacial score (nSPS) is 14.4. The van der Waals surface area contributed by atoms with Gasteiger partial charge in [-0.15, -0.1) is 0 Å². The zero-order valence-electron chi connectivity index (χ0n) is 9.61. The monoisotopic (exact) mass is 296 g/mol. The van der Waals surface area contributed by atoms with Gasteiger partial charge in [-0.3, -0.25) is 0 Å². The lowest BCUT2D eigenvalue weighted by molar-refractivity contribution is 0.0757. The molecule has 1 heterocycles. The van der Waals surface area contributed by atoms with E-state index in [1.807, 2.05) is 12.1 Å². The van der Waals surface area contributed by atoms with Gasteiger partial charge in [0.05, 0.1) is 17.8 Å². The van der Waals surface area contributed by atoms with Crippen LogP contribution in [0.15, 0.2) is 45.5 Å². The second-order valence-corrected chi connectivity index (χ2v) is 4.75. The topological polar surface area (TPSA) is 42.6 Å². The molecule has 0 fully saturated rings. The standard InChI is InChI=1S/C13H13BrO3/c1-13(15,12-11(14)7-8-17-12)9-3-5-10(16-2)6-4-9/h3-8,15H,1-2H3. The first-order valence-electron chi connectivity index (χ1n) is 5.16. The van der Waals surface area contributed by atoms with Crippen LogP contribution in [0.5, 0.6) is 5.75 Å². The van der Waals surface area contributed by atoms with Crippen LogP contribution >= 0.6 is 15.9 Å². The van der Waals surface area contributed by atoms with Gasteiger partial charge in [0, 0.05) is 0 Å². The number of halogens is 1. The van der Waals surface area contributed by atoms with Gasteiger partial charge in [-0.05, 0) is 46.6 Å². The van der Waals surface area contributed by atoms with Crippen LogP contribution in [-0.2, 0) is 5.60 Å². The zero-order chi connectivity index (χ0) is 12.5. The highest BCUT2D eigenvalue weighted by molar-refractivity contribution is 9.10. The van der Waals surface area contributed by atoms with Crippen molar-refractivity contribution < 1.29 is 14.3 Å². The maximum Gasteiger partial charge on any atom is 0.153 e. The van der Waals surface area contributed by atoms with E-state index in [9.17, 15) is 5.11 Å². The van der Waals surface area contributed by atoms with Gasteiger partial charge in [0.1, 0.15) is 11.4 Å². The average Bonchev–Trinajstić information content (AvgIpc) is 2.76.